The summed E-state index contributed by atoms with van der Waals surface area (Å²) in [6.07, 6.45) is 1.64. The number of hydrogen-bond acceptors (Lipinski definition) is 5. The summed E-state index contributed by atoms with van der Waals surface area (Å²) in [5.41, 5.74) is 1.63. The molecule has 1 saturated heterocycles. The molecule has 0 aliphatic carbocycles. The molecule has 3 rings (SSSR count). The maximum Gasteiger partial charge on any atom is 0.243 e. The Morgan fingerprint density at radius 1 is 1.52 bits per heavy atom. The van der Waals surface area contributed by atoms with E-state index in [0.717, 1.165) is 17.1 Å². The van der Waals surface area contributed by atoms with Crippen molar-refractivity contribution in [1.29, 1.82) is 0 Å². The predicted molar refractivity (Wildman–Crippen MR) is 77.7 cm³/mol. The fourth-order valence-electron chi connectivity index (χ4n) is 2.24. The van der Waals surface area contributed by atoms with Gasteiger partial charge in [0.1, 0.15) is 12.4 Å². The average Bonchev–Trinajstić information content (AvgIpc) is 2.94. The highest BCUT2D eigenvalue weighted by Crippen LogP contribution is 2.20. The lowest BCUT2D eigenvalue weighted by Crippen LogP contribution is -2.48. The molecule has 2 heterocycles. The first kappa shape index (κ1) is 13.7. The summed E-state index contributed by atoms with van der Waals surface area (Å²) in [6, 6.07) is 7.23. The minimum Gasteiger partial charge on any atom is -0.378 e. The number of rotatable bonds is 3. The summed E-state index contributed by atoms with van der Waals surface area (Å²) in [7, 11) is 1.88. The first-order valence-corrected chi connectivity index (χ1v) is 6.80. The minimum atomic E-state index is -0.308. The molecule has 1 aromatic heterocycles. The second-order valence-electron chi connectivity index (χ2n) is 4.92. The van der Waals surface area contributed by atoms with E-state index in [1.807, 2.05) is 35.9 Å². The van der Waals surface area contributed by atoms with Crippen molar-refractivity contribution in [2.24, 2.45) is 7.05 Å². The van der Waals surface area contributed by atoms with Crippen LogP contribution in [0.25, 0.3) is 11.4 Å². The zero-order valence-corrected chi connectivity index (χ0v) is 11.7. The lowest BCUT2D eigenvalue weighted by molar-refractivity contribution is -0.120. The first-order valence-electron chi connectivity index (χ1n) is 6.80. The molecule has 1 aliphatic rings. The Kier molecular flexibility index (Phi) is 3.94. The SMILES string of the molecule is Cn1cnnc1-c1cccc(NC(=O)C2COCCN2)c1. The fraction of sp³-hybridized carbons (Fsp3) is 0.357. The Morgan fingerprint density at radius 3 is 3.14 bits per heavy atom. The number of benzene rings is 1. The summed E-state index contributed by atoms with van der Waals surface area (Å²) in [4.78, 5) is 12.1. The molecule has 1 aromatic carbocycles. The Bertz CT molecular complexity index is 634. The number of morpholine rings is 1. The zero-order valence-electron chi connectivity index (χ0n) is 11.7. The van der Waals surface area contributed by atoms with Gasteiger partial charge in [-0.2, -0.15) is 0 Å². The molecule has 1 amide bonds. The minimum absolute atomic E-state index is 0.0928. The number of nitrogens with zero attached hydrogens (tertiary/aromatic N) is 3. The van der Waals surface area contributed by atoms with E-state index >= 15 is 0 Å². The molecule has 0 spiro atoms. The molecule has 1 fully saturated rings. The van der Waals surface area contributed by atoms with E-state index in [1.165, 1.54) is 0 Å². The van der Waals surface area contributed by atoms with Crippen LogP contribution in [0.5, 0.6) is 0 Å². The number of anilines is 1. The summed E-state index contributed by atoms with van der Waals surface area (Å²) >= 11 is 0. The molecule has 2 N–H and O–H groups in total. The van der Waals surface area contributed by atoms with Crippen LogP contribution >= 0.6 is 0 Å². The second kappa shape index (κ2) is 6.02. The van der Waals surface area contributed by atoms with Crippen LogP contribution in [0.4, 0.5) is 5.69 Å². The number of aromatic nitrogens is 3. The van der Waals surface area contributed by atoms with Gasteiger partial charge in [0.15, 0.2) is 5.82 Å². The number of aryl methyl sites for hydroxylation is 1. The zero-order chi connectivity index (χ0) is 14.7. The van der Waals surface area contributed by atoms with Crippen LogP contribution in [0, 0.1) is 0 Å². The maximum atomic E-state index is 12.1. The van der Waals surface area contributed by atoms with Crippen LogP contribution in [0.1, 0.15) is 0 Å². The van der Waals surface area contributed by atoms with Crippen molar-refractivity contribution >= 4 is 11.6 Å². The molecule has 2 aromatic rings. The van der Waals surface area contributed by atoms with E-state index < -0.39 is 0 Å². The van der Waals surface area contributed by atoms with Crippen molar-refractivity contribution < 1.29 is 9.53 Å². The van der Waals surface area contributed by atoms with Gasteiger partial charge in [-0.25, -0.2) is 0 Å². The Balaban J connectivity index is 1.74. The molecule has 7 nitrogen and oxygen atoms in total. The number of nitrogens with one attached hydrogen (secondary N) is 2. The standard InChI is InChI=1S/C14H17N5O2/c1-19-9-16-18-13(19)10-3-2-4-11(7-10)17-14(20)12-8-21-6-5-15-12/h2-4,7,9,12,15H,5-6,8H2,1H3,(H,17,20). The molecule has 0 radical (unpaired) electrons. The summed E-state index contributed by atoms with van der Waals surface area (Å²) < 4.78 is 7.13. The predicted octanol–water partition coefficient (Wildman–Crippen LogP) is 0.409. The number of hydrogen-bond donors (Lipinski definition) is 2. The van der Waals surface area contributed by atoms with Gasteiger partial charge < -0.3 is 19.9 Å². The maximum absolute atomic E-state index is 12.1. The van der Waals surface area contributed by atoms with E-state index in [2.05, 4.69) is 20.8 Å². The third-order valence-corrected chi connectivity index (χ3v) is 3.34. The lowest BCUT2D eigenvalue weighted by atomic mass is 10.1. The van der Waals surface area contributed by atoms with Crippen LogP contribution in [-0.4, -0.2) is 46.5 Å². The molecular weight excluding hydrogens is 270 g/mol. The molecule has 1 atom stereocenters. The summed E-state index contributed by atoms with van der Waals surface area (Å²) in [5, 5.41) is 13.9. The lowest BCUT2D eigenvalue weighted by Gasteiger charge is -2.22. The molecule has 1 aliphatic heterocycles. The first-order chi connectivity index (χ1) is 10.2. The van der Waals surface area contributed by atoms with Gasteiger partial charge in [0.2, 0.25) is 5.91 Å². The van der Waals surface area contributed by atoms with E-state index in [-0.39, 0.29) is 11.9 Å². The van der Waals surface area contributed by atoms with Gasteiger partial charge in [0.25, 0.3) is 0 Å². The number of ether oxygens (including phenoxy) is 1. The Labute approximate surface area is 122 Å². The molecular formula is C14H17N5O2. The van der Waals surface area contributed by atoms with Gasteiger partial charge in [-0.15, -0.1) is 10.2 Å². The monoisotopic (exact) mass is 287 g/mol. The van der Waals surface area contributed by atoms with Crippen LogP contribution in [0.15, 0.2) is 30.6 Å². The third-order valence-electron chi connectivity index (χ3n) is 3.34. The normalized spacial score (nSPS) is 18.4. The van der Waals surface area contributed by atoms with Gasteiger partial charge in [-0.1, -0.05) is 12.1 Å². The smallest absolute Gasteiger partial charge is 0.243 e. The van der Waals surface area contributed by atoms with Gasteiger partial charge >= 0.3 is 0 Å². The van der Waals surface area contributed by atoms with E-state index in [4.69, 9.17) is 4.74 Å². The fourth-order valence-corrected chi connectivity index (χ4v) is 2.24. The van der Waals surface area contributed by atoms with Gasteiger partial charge in [0.05, 0.1) is 13.2 Å². The quantitative estimate of drug-likeness (QED) is 0.854. The van der Waals surface area contributed by atoms with Crippen molar-refractivity contribution in [2.75, 3.05) is 25.1 Å². The number of amides is 1. The van der Waals surface area contributed by atoms with Gasteiger partial charge in [-0.3, -0.25) is 4.79 Å². The summed E-state index contributed by atoms with van der Waals surface area (Å²) in [5.74, 6) is 0.662. The molecule has 21 heavy (non-hydrogen) atoms. The van der Waals surface area contributed by atoms with Crippen LogP contribution in [0.3, 0.4) is 0 Å². The molecule has 1 unspecified atom stereocenters. The van der Waals surface area contributed by atoms with Crippen molar-refractivity contribution in [1.82, 2.24) is 20.1 Å². The highest BCUT2D eigenvalue weighted by molar-refractivity contribution is 5.95. The van der Waals surface area contributed by atoms with Gasteiger partial charge in [-0.05, 0) is 12.1 Å². The molecule has 0 saturated carbocycles. The van der Waals surface area contributed by atoms with E-state index in [1.54, 1.807) is 6.33 Å². The molecule has 0 bridgehead atoms. The number of carbonyl (C=O) groups excluding carboxylic acids is 1. The van der Waals surface area contributed by atoms with Crippen LogP contribution < -0.4 is 10.6 Å². The van der Waals surface area contributed by atoms with Crippen LogP contribution in [0.2, 0.25) is 0 Å². The van der Waals surface area contributed by atoms with Crippen molar-refractivity contribution in [2.45, 2.75) is 6.04 Å². The van der Waals surface area contributed by atoms with E-state index in [9.17, 15) is 4.79 Å². The third kappa shape index (κ3) is 3.09. The van der Waals surface area contributed by atoms with Crippen LogP contribution in [-0.2, 0) is 16.6 Å². The molecule has 110 valence electrons. The van der Waals surface area contributed by atoms with Crippen molar-refractivity contribution in [3.8, 4) is 11.4 Å². The summed E-state index contributed by atoms with van der Waals surface area (Å²) in [6.45, 7) is 1.73. The largest absolute Gasteiger partial charge is 0.378 e. The van der Waals surface area contributed by atoms with E-state index in [0.29, 0.717) is 19.8 Å². The van der Waals surface area contributed by atoms with Crippen molar-refractivity contribution in [3.63, 3.8) is 0 Å². The molecule has 7 heteroatoms. The van der Waals surface area contributed by atoms with Gasteiger partial charge in [0, 0.05) is 24.8 Å². The Hall–Kier alpha value is -2.25. The number of carbonyl (C=O) groups is 1. The topological polar surface area (TPSA) is 81.1 Å². The highest BCUT2D eigenvalue weighted by Gasteiger charge is 2.21. The Morgan fingerprint density at radius 2 is 2.43 bits per heavy atom. The highest BCUT2D eigenvalue weighted by atomic mass is 16.5. The van der Waals surface area contributed by atoms with Crippen molar-refractivity contribution in [3.05, 3.63) is 30.6 Å². The second-order valence-corrected chi connectivity index (χ2v) is 4.92. The average molecular weight is 287 g/mol.